The van der Waals surface area contributed by atoms with Gasteiger partial charge in [0, 0.05) is 0 Å². The first-order valence-corrected chi connectivity index (χ1v) is 12.8. The molecule has 0 aliphatic heterocycles. The van der Waals surface area contributed by atoms with Gasteiger partial charge < -0.3 is 0 Å². The van der Waals surface area contributed by atoms with Crippen molar-refractivity contribution in [1.29, 1.82) is 0 Å². The fourth-order valence-corrected chi connectivity index (χ4v) is 5.22. The molecule has 2 unspecified atom stereocenters. The van der Waals surface area contributed by atoms with E-state index in [1.165, 1.54) is 107 Å². The zero-order valence-electron chi connectivity index (χ0n) is 19.2. The molecule has 0 saturated heterocycles. The van der Waals surface area contributed by atoms with E-state index in [1.54, 1.807) is 11.1 Å². The molecule has 0 radical (unpaired) electrons. The van der Waals surface area contributed by atoms with Crippen molar-refractivity contribution in [1.82, 2.24) is 0 Å². The highest BCUT2D eigenvalue weighted by Gasteiger charge is 2.16. The van der Waals surface area contributed by atoms with Crippen LogP contribution >= 0.6 is 0 Å². The molecule has 3 rings (SSSR count). The van der Waals surface area contributed by atoms with E-state index in [-0.39, 0.29) is 0 Å². The minimum atomic E-state index is 0.916. The molecule has 2 atom stereocenters. The molecule has 0 heterocycles. The Balaban J connectivity index is 1.41. The average molecular weight is 393 g/mol. The molecular formula is C29H44. The summed E-state index contributed by atoms with van der Waals surface area (Å²) < 4.78 is 0. The predicted molar refractivity (Wildman–Crippen MR) is 130 cm³/mol. The Morgan fingerprint density at radius 2 is 1.17 bits per heavy atom. The molecule has 1 aromatic carbocycles. The van der Waals surface area contributed by atoms with Gasteiger partial charge in [-0.3, -0.25) is 0 Å². The third-order valence-corrected chi connectivity index (χ3v) is 7.46. The van der Waals surface area contributed by atoms with Gasteiger partial charge in [0.1, 0.15) is 0 Å². The van der Waals surface area contributed by atoms with Crippen LogP contribution in [0.1, 0.15) is 121 Å². The van der Waals surface area contributed by atoms with E-state index in [4.69, 9.17) is 0 Å². The molecule has 2 aliphatic rings. The lowest BCUT2D eigenvalue weighted by molar-refractivity contribution is 0.422. The highest BCUT2D eigenvalue weighted by molar-refractivity contribution is 5.71. The van der Waals surface area contributed by atoms with Crippen molar-refractivity contribution >= 4 is 11.1 Å². The largest absolute Gasteiger partial charge is 0.0804 e. The third kappa shape index (κ3) is 7.16. The second kappa shape index (κ2) is 12.4. The summed E-state index contributed by atoms with van der Waals surface area (Å²) in [6.07, 6.45) is 25.8. The van der Waals surface area contributed by atoms with Crippen molar-refractivity contribution < 1.29 is 0 Å². The van der Waals surface area contributed by atoms with Gasteiger partial charge in [0.25, 0.3) is 0 Å². The minimum Gasteiger partial charge on any atom is -0.0804 e. The molecule has 0 spiro atoms. The van der Waals surface area contributed by atoms with Crippen LogP contribution in [0.25, 0.3) is 11.1 Å². The maximum absolute atomic E-state index is 2.55. The summed E-state index contributed by atoms with van der Waals surface area (Å²) in [5.41, 5.74) is 6.09. The predicted octanol–water partition coefficient (Wildman–Crippen LogP) is 9.60. The van der Waals surface area contributed by atoms with Crippen molar-refractivity contribution in [3.63, 3.8) is 0 Å². The van der Waals surface area contributed by atoms with Crippen molar-refractivity contribution in [2.24, 2.45) is 11.8 Å². The van der Waals surface area contributed by atoms with E-state index >= 15 is 0 Å². The molecule has 29 heavy (non-hydrogen) atoms. The van der Waals surface area contributed by atoms with Crippen LogP contribution in [0.5, 0.6) is 0 Å². The second-order valence-corrected chi connectivity index (χ2v) is 9.64. The van der Waals surface area contributed by atoms with Crippen molar-refractivity contribution in [3.8, 4) is 0 Å². The van der Waals surface area contributed by atoms with Crippen LogP contribution in [0.3, 0.4) is 0 Å². The lowest BCUT2D eigenvalue weighted by Gasteiger charge is -2.23. The molecule has 0 bridgehead atoms. The van der Waals surface area contributed by atoms with Crippen LogP contribution < -0.4 is 0 Å². The van der Waals surface area contributed by atoms with Gasteiger partial charge in [0.15, 0.2) is 0 Å². The summed E-state index contributed by atoms with van der Waals surface area (Å²) in [6, 6.07) is 9.51. The van der Waals surface area contributed by atoms with Crippen LogP contribution in [0.15, 0.2) is 36.4 Å². The zero-order valence-corrected chi connectivity index (χ0v) is 19.2. The van der Waals surface area contributed by atoms with E-state index in [9.17, 15) is 0 Å². The highest BCUT2D eigenvalue weighted by atomic mass is 14.2. The minimum absolute atomic E-state index is 0.916. The molecule has 0 aromatic heterocycles. The highest BCUT2D eigenvalue weighted by Crippen LogP contribution is 2.35. The summed E-state index contributed by atoms with van der Waals surface area (Å²) in [7, 11) is 0. The number of rotatable bonds is 11. The van der Waals surface area contributed by atoms with Crippen LogP contribution in [-0.4, -0.2) is 0 Å². The number of benzene rings is 1. The lowest BCUT2D eigenvalue weighted by atomic mass is 9.82. The van der Waals surface area contributed by atoms with E-state index in [1.807, 2.05) is 0 Å². The first kappa shape index (κ1) is 22.4. The SMILES string of the molecule is CCCCCCCCCC1CC=C(c2ccc(C3=CCC(CC)CC3)cc2)CC1. The van der Waals surface area contributed by atoms with E-state index in [0.29, 0.717) is 0 Å². The van der Waals surface area contributed by atoms with Gasteiger partial charge >= 0.3 is 0 Å². The van der Waals surface area contributed by atoms with Gasteiger partial charge in [-0.05, 0) is 72.6 Å². The molecule has 1 aromatic rings. The topological polar surface area (TPSA) is 0 Å². The summed E-state index contributed by atoms with van der Waals surface area (Å²) in [6.45, 7) is 4.63. The molecule has 0 saturated carbocycles. The molecule has 160 valence electrons. The van der Waals surface area contributed by atoms with Crippen LogP contribution in [0.4, 0.5) is 0 Å². The number of unbranched alkanes of at least 4 members (excludes halogenated alkanes) is 6. The lowest BCUT2D eigenvalue weighted by Crippen LogP contribution is -2.06. The van der Waals surface area contributed by atoms with Crippen LogP contribution in [0, 0.1) is 11.8 Å². The fraction of sp³-hybridized carbons (Fsp3) is 0.655. The maximum Gasteiger partial charge on any atom is -0.0227 e. The molecule has 0 N–H and O–H groups in total. The van der Waals surface area contributed by atoms with Crippen LogP contribution in [-0.2, 0) is 0 Å². The Morgan fingerprint density at radius 3 is 1.66 bits per heavy atom. The van der Waals surface area contributed by atoms with Gasteiger partial charge in [-0.1, -0.05) is 108 Å². The summed E-state index contributed by atoms with van der Waals surface area (Å²) in [5.74, 6) is 1.85. The summed E-state index contributed by atoms with van der Waals surface area (Å²) in [5, 5.41) is 0. The standard InChI is InChI=1S/C29H44/c1-3-5-6-7-8-9-10-11-25-14-18-27(19-15-25)29-22-20-28(21-23-29)26-16-12-24(4-2)13-17-26/h16,18,20-25H,3-15,17,19H2,1-2H3. The molecule has 2 aliphatic carbocycles. The average Bonchev–Trinajstić information content (AvgIpc) is 2.79. The molecule has 0 fully saturated rings. The van der Waals surface area contributed by atoms with E-state index < -0.39 is 0 Å². The molecular weight excluding hydrogens is 348 g/mol. The van der Waals surface area contributed by atoms with Crippen molar-refractivity contribution in [3.05, 3.63) is 47.5 Å². The Hall–Kier alpha value is -1.30. The van der Waals surface area contributed by atoms with E-state index in [0.717, 1.165) is 11.8 Å². The van der Waals surface area contributed by atoms with E-state index in [2.05, 4.69) is 50.3 Å². The Morgan fingerprint density at radius 1 is 0.655 bits per heavy atom. The quantitative estimate of drug-likeness (QED) is 0.329. The van der Waals surface area contributed by atoms with Gasteiger partial charge in [-0.25, -0.2) is 0 Å². The zero-order chi connectivity index (χ0) is 20.3. The first-order valence-electron chi connectivity index (χ1n) is 12.8. The second-order valence-electron chi connectivity index (χ2n) is 9.64. The molecule has 0 heteroatoms. The number of allylic oxidation sites excluding steroid dienone is 4. The third-order valence-electron chi connectivity index (χ3n) is 7.46. The first-order chi connectivity index (χ1) is 14.3. The van der Waals surface area contributed by atoms with Gasteiger partial charge in [-0.2, -0.15) is 0 Å². The van der Waals surface area contributed by atoms with Crippen molar-refractivity contribution in [2.45, 2.75) is 110 Å². The van der Waals surface area contributed by atoms with Gasteiger partial charge in [-0.15, -0.1) is 0 Å². The maximum atomic E-state index is 2.55. The normalized spacial score (nSPS) is 22.3. The number of hydrogen-bond donors (Lipinski definition) is 0. The van der Waals surface area contributed by atoms with Gasteiger partial charge in [0.05, 0.1) is 0 Å². The smallest absolute Gasteiger partial charge is 0.0227 e. The molecule has 0 nitrogen and oxygen atoms in total. The van der Waals surface area contributed by atoms with Crippen molar-refractivity contribution in [2.75, 3.05) is 0 Å². The number of hydrogen-bond acceptors (Lipinski definition) is 0. The van der Waals surface area contributed by atoms with Crippen LogP contribution in [0.2, 0.25) is 0 Å². The molecule has 0 amide bonds. The van der Waals surface area contributed by atoms with Gasteiger partial charge in [0.2, 0.25) is 0 Å². The Labute approximate surface area is 180 Å². The fourth-order valence-electron chi connectivity index (χ4n) is 5.22. The monoisotopic (exact) mass is 392 g/mol. The Bertz CT molecular complexity index is 645. The summed E-state index contributed by atoms with van der Waals surface area (Å²) in [4.78, 5) is 0. The Kier molecular flexibility index (Phi) is 9.58. The summed E-state index contributed by atoms with van der Waals surface area (Å²) >= 11 is 0.